The molecule has 0 aliphatic carbocycles. The van der Waals surface area contributed by atoms with Crippen molar-refractivity contribution in [2.75, 3.05) is 25.1 Å². The summed E-state index contributed by atoms with van der Waals surface area (Å²) in [6.07, 6.45) is 0. The molecule has 0 bridgehead atoms. The van der Waals surface area contributed by atoms with E-state index in [-0.39, 0.29) is 10.8 Å². The monoisotopic (exact) mass is 587 g/mol. The molecule has 2 aromatic heterocycles. The number of para-hydroxylation sites is 1. The van der Waals surface area contributed by atoms with Gasteiger partial charge in [0.1, 0.15) is 5.82 Å². The maximum atomic E-state index is 12.8. The number of anilines is 3. The minimum Gasteiger partial charge on any atom is -0.368 e. The van der Waals surface area contributed by atoms with Crippen LogP contribution in [0.2, 0.25) is 0 Å². The van der Waals surface area contributed by atoms with Crippen molar-refractivity contribution in [1.82, 2.24) is 34.0 Å². The van der Waals surface area contributed by atoms with E-state index in [0.29, 0.717) is 34.1 Å². The number of hydrogen-bond donors (Lipinski definition) is 2. The molecule has 0 aliphatic heterocycles. The predicted molar refractivity (Wildman–Crippen MR) is 161 cm³/mol. The Morgan fingerprint density at radius 3 is 2.46 bits per heavy atom. The predicted octanol–water partition coefficient (Wildman–Crippen LogP) is 4.60. The van der Waals surface area contributed by atoms with E-state index in [0.717, 1.165) is 22.5 Å². The zero-order valence-electron chi connectivity index (χ0n) is 23.0. The van der Waals surface area contributed by atoms with Gasteiger partial charge in [-0.1, -0.05) is 54.2 Å². The molecule has 0 spiro atoms. The van der Waals surface area contributed by atoms with E-state index >= 15 is 0 Å². The zero-order chi connectivity index (χ0) is 29.1. The van der Waals surface area contributed by atoms with E-state index in [1.807, 2.05) is 73.0 Å². The Morgan fingerprint density at radius 2 is 1.71 bits per heavy atom. The van der Waals surface area contributed by atoms with Crippen LogP contribution in [0.3, 0.4) is 0 Å². The summed E-state index contributed by atoms with van der Waals surface area (Å²) in [4.78, 5) is 13.3. The van der Waals surface area contributed by atoms with Crippen LogP contribution in [-0.4, -0.2) is 56.5 Å². The lowest BCUT2D eigenvalue weighted by molar-refractivity contribution is 0.521. The molecule has 0 atom stereocenters. The smallest absolute Gasteiger partial charge is 0.242 e. The molecule has 0 aliphatic rings. The molecule has 2 heterocycles. The van der Waals surface area contributed by atoms with Crippen molar-refractivity contribution in [2.24, 2.45) is 0 Å². The van der Waals surface area contributed by atoms with Crippen LogP contribution in [0.4, 0.5) is 17.6 Å². The number of aryl methyl sites for hydroxylation is 2. The second kappa shape index (κ2) is 11.6. The Balaban J connectivity index is 1.50. The summed E-state index contributed by atoms with van der Waals surface area (Å²) < 4.78 is 28.7. The summed E-state index contributed by atoms with van der Waals surface area (Å²) in [5, 5.41) is 12.7. The molecule has 0 fully saturated rings. The second-order valence-corrected chi connectivity index (χ2v) is 12.6. The number of nitrogen functional groups attached to an aromatic ring is 1. The molecule has 210 valence electrons. The van der Waals surface area contributed by atoms with Crippen molar-refractivity contribution in [3.05, 3.63) is 89.7 Å². The number of nitrogens with zero attached hydrogens (tertiary/aromatic N) is 7. The van der Waals surface area contributed by atoms with Crippen molar-refractivity contribution < 1.29 is 8.42 Å². The van der Waals surface area contributed by atoms with Crippen LogP contribution >= 0.6 is 11.8 Å². The number of nitrogens with one attached hydrogen (secondary N) is 1. The summed E-state index contributed by atoms with van der Waals surface area (Å²) in [5.74, 6) is 1.77. The second-order valence-electron chi connectivity index (χ2n) is 9.46. The largest absolute Gasteiger partial charge is 0.368 e. The lowest BCUT2D eigenvalue weighted by atomic mass is 10.2. The fraction of sp³-hybridized carbons (Fsp3) is 0.179. The first-order valence-corrected chi connectivity index (χ1v) is 15.1. The van der Waals surface area contributed by atoms with Crippen LogP contribution in [0.5, 0.6) is 0 Å². The van der Waals surface area contributed by atoms with Crippen LogP contribution in [0.25, 0.3) is 17.1 Å². The van der Waals surface area contributed by atoms with E-state index in [2.05, 4.69) is 30.5 Å². The van der Waals surface area contributed by atoms with E-state index < -0.39 is 10.0 Å². The number of benzene rings is 3. The highest BCUT2D eigenvalue weighted by atomic mass is 32.2. The topological polar surface area (TPSA) is 145 Å². The Kier molecular flexibility index (Phi) is 8.01. The number of hydrogen-bond acceptors (Lipinski definition) is 10. The van der Waals surface area contributed by atoms with Crippen LogP contribution in [0, 0.1) is 13.8 Å². The number of sulfonamides is 1. The molecule has 0 unspecified atom stereocenters. The number of thioether (sulfide) groups is 1. The molecule has 5 aromatic rings. The summed E-state index contributed by atoms with van der Waals surface area (Å²) >= 11 is 1.38. The van der Waals surface area contributed by atoms with Crippen molar-refractivity contribution in [3.8, 4) is 17.1 Å². The molecule has 0 amide bonds. The molecule has 3 N–H and O–H groups in total. The Morgan fingerprint density at radius 1 is 0.927 bits per heavy atom. The van der Waals surface area contributed by atoms with Crippen LogP contribution in [-0.2, 0) is 15.8 Å². The minimum absolute atomic E-state index is 0.103. The molecule has 13 heteroatoms. The van der Waals surface area contributed by atoms with Gasteiger partial charge in [0.2, 0.25) is 21.9 Å². The number of nitrogens with two attached hydrogens (primary N) is 1. The average molecular weight is 588 g/mol. The van der Waals surface area contributed by atoms with Gasteiger partial charge in [-0.3, -0.25) is 4.57 Å². The molecule has 0 saturated carbocycles. The van der Waals surface area contributed by atoms with Crippen molar-refractivity contribution in [1.29, 1.82) is 0 Å². The van der Waals surface area contributed by atoms with Gasteiger partial charge in [0.25, 0.3) is 0 Å². The molecule has 0 radical (unpaired) electrons. The van der Waals surface area contributed by atoms with Crippen LogP contribution in [0.1, 0.15) is 17.0 Å². The summed E-state index contributed by atoms with van der Waals surface area (Å²) in [5.41, 5.74) is 10.4. The van der Waals surface area contributed by atoms with E-state index in [1.54, 1.807) is 18.2 Å². The average Bonchev–Trinajstić information content (AvgIpc) is 3.37. The standard InChI is InChI=1S/C28H29N9O2S2/c1-18-9-7-12-21(15-18)37-25(20-11-8-13-22(16-20)41(38,39)36(3)4)34-35-28(37)40-17-24-31-26(29)33-27(32-24)30-23-14-6-5-10-19(23)2/h5-16H,17H2,1-4H3,(H3,29,30,31,32,33). The zero-order valence-corrected chi connectivity index (χ0v) is 24.6. The minimum atomic E-state index is -3.63. The van der Waals surface area contributed by atoms with E-state index in [1.165, 1.54) is 30.2 Å². The third kappa shape index (κ3) is 6.21. The molecular weight excluding hydrogens is 559 g/mol. The van der Waals surface area contributed by atoms with Gasteiger partial charge in [0, 0.05) is 31.0 Å². The summed E-state index contributed by atoms with van der Waals surface area (Å²) in [6.45, 7) is 3.99. The molecule has 5 rings (SSSR count). The third-order valence-corrected chi connectivity index (χ3v) is 8.92. The van der Waals surface area contributed by atoms with Gasteiger partial charge in [-0.25, -0.2) is 12.7 Å². The molecule has 0 saturated heterocycles. The first kappa shape index (κ1) is 28.2. The van der Waals surface area contributed by atoms with Gasteiger partial charge >= 0.3 is 0 Å². The van der Waals surface area contributed by atoms with Gasteiger partial charge in [0.15, 0.2) is 11.0 Å². The van der Waals surface area contributed by atoms with Crippen molar-refractivity contribution >= 4 is 39.4 Å². The van der Waals surface area contributed by atoms with Crippen LogP contribution in [0.15, 0.2) is 82.8 Å². The van der Waals surface area contributed by atoms with Crippen molar-refractivity contribution in [2.45, 2.75) is 29.7 Å². The van der Waals surface area contributed by atoms with Crippen molar-refractivity contribution in [3.63, 3.8) is 0 Å². The molecule has 3 aromatic carbocycles. The molecule has 11 nitrogen and oxygen atoms in total. The Bertz CT molecular complexity index is 1820. The first-order valence-electron chi connectivity index (χ1n) is 12.6. The highest BCUT2D eigenvalue weighted by molar-refractivity contribution is 7.98. The van der Waals surface area contributed by atoms with Gasteiger partial charge in [-0.05, 0) is 55.3 Å². The fourth-order valence-electron chi connectivity index (χ4n) is 4.08. The summed E-state index contributed by atoms with van der Waals surface area (Å²) in [7, 11) is -0.630. The lowest BCUT2D eigenvalue weighted by Crippen LogP contribution is -2.22. The maximum Gasteiger partial charge on any atom is 0.242 e. The molecule has 41 heavy (non-hydrogen) atoms. The number of rotatable bonds is 9. The SMILES string of the molecule is Cc1cccc(-n2c(SCc3nc(N)nc(Nc4ccccc4C)n3)nnc2-c2cccc(S(=O)(=O)N(C)C)c2)c1. The van der Waals surface area contributed by atoms with Gasteiger partial charge in [0.05, 0.1) is 10.6 Å². The quantitative estimate of drug-likeness (QED) is 0.235. The third-order valence-electron chi connectivity index (χ3n) is 6.18. The Labute approximate surface area is 243 Å². The lowest BCUT2D eigenvalue weighted by Gasteiger charge is -2.14. The van der Waals surface area contributed by atoms with Gasteiger partial charge in [-0.15, -0.1) is 10.2 Å². The number of aromatic nitrogens is 6. The normalized spacial score (nSPS) is 11.6. The van der Waals surface area contributed by atoms with Gasteiger partial charge < -0.3 is 11.1 Å². The Hall–Kier alpha value is -4.33. The summed E-state index contributed by atoms with van der Waals surface area (Å²) in [6, 6.07) is 22.4. The first-order chi connectivity index (χ1) is 19.6. The van der Waals surface area contributed by atoms with E-state index in [4.69, 9.17) is 5.73 Å². The highest BCUT2D eigenvalue weighted by Crippen LogP contribution is 2.31. The van der Waals surface area contributed by atoms with Gasteiger partial charge in [-0.2, -0.15) is 15.0 Å². The highest BCUT2D eigenvalue weighted by Gasteiger charge is 2.21. The van der Waals surface area contributed by atoms with E-state index in [9.17, 15) is 8.42 Å². The molecular formula is C28H29N9O2S2. The van der Waals surface area contributed by atoms with Crippen LogP contribution < -0.4 is 11.1 Å². The fourth-order valence-corrected chi connectivity index (χ4v) is 5.83. The maximum absolute atomic E-state index is 12.8.